The molecule has 0 aromatic heterocycles. The van der Waals surface area contributed by atoms with E-state index in [0.29, 0.717) is 12.8 Å². The zero-order valence-electron chi connectivity index (χ0n) is 14.5. The Bertz CT molecular complexity index is 734. The molecule has 1 heterocycles. The van der Waals surface area contributed by atoms with Gasteiger partial charge in [0.25, 0.3) is 0 Å². The van der Waals surface area contributed by atoms with Gasteiger partial charge in [0.05, 0.1) is 0 Å². The molecule has 1 aliphatic heterocycles. The van der Waals surface area contributed by atoms with Crippen LogP contribution in [0.15, 0.2) is 54.6 Å². The minimum atomic E-state index is -0.574. The Morgan fingerprint density at radius 1 is 1.12 bits per heavy atom. The second-order valence-electron chi connectivity index (χ2n) is 6.54. The first-order chi connectivity index (χ1) is 12.0. The van der Waals surface area contributed by atoms with Gasteiger partial charge >= 0.3 is 0 Å². The summed E-state index contributed by atoms with van der Waals surface area (Å²) in [6.07, 6.45) is 1.11. The molecule has 3 rings (SSSR count). The quantitative estimate of drug-likeness (QED) is 0.875. The maximum absolute atomic E-state index is 12.7. The van der Waals surface area contributed by atoms with Gasteiger partial charge in [-0.05, 0) is 17.2 Å². The van der Waals surface area contributed by atoms with Crippen molar-refractivity contribution in [2.24, 2.45) is 0 Å². The maximum atomic E-state index is 12.7. The van der Waals surface area contributed by atoms with Gasteiger partial charge in [-0.25, -0.2) is 0 Å². The van der Waals surface area contributed by atoms with E-state index >= 15 is 0 Å². The van der Waals surface area contributed by atoms with Gasteiger partial charge in [-0.1, -0.05) is 48.5 Å². The molecule has 2 aromatic rings. The number of amides is 2. The molecule has 2 amide bonds. The molecule has 25 heavy (non-hydrogen) atoms. The number of rotatable bonds is 5. The average Bonchev–Trinajstić information content (AvgIpc) is 3.05. The van der Waals surface area contributed by atoms with Crippen molar-refractivity contribution < 1.29 is 9.59 Å². The molecular weight excluding hydrogens is 314 g/mol. The number of nitrogens with zero attached hydrogens (tertiary/aromatic N) is 1. The molecule has 1 aliphatic rings. The van der Waals surface area contributed by atoms with Gasteiger partial charge in [0, 0.05) is 32.6 Å². The summed E-state index contributed by atoms with van der Waals surface area (Å²) < 4.78 is 0. The van der Waals surface area contributed by atoms with Gasteiger partial charge in [-0.3, -0.25) is 9.59 Å². The lowest BCUT2D eigenvalue weighted by atomic mass is 10.0. The van der Waals surface area contributed by atoms with Crippen molar-refractivity contribution in [3.05, 3.63) is 65.7 Å². The monoisotopic (exact) mass is 337 g/mol. The van der Waals surface area contributed by atoms with Crippen LogP contribution in [0.5, 0.6) is 0 Å². The van der Waals surface area contributed by atoms with E-state index in [9.17, 15) is 9.59 Å². The normalized spacial score (nSPS) is 16.5. The first-order valence-corrected chi connectivity index (χ1v) is 8.44. The first kappa shape index (κ1) is 17.0. The van der Waals surface area contributed by atoms with Crippen LogP contribution in [0, 0.1) is 0 Å². The third-order valence-corrected chi connectivity index (χ3v) is 4.43. The molecule has 1 unspecified atom stereocenters. The fourth-order valence-corrected chi connectivity index (χ4v) is 3.09. The molecule has 0 bridgehead atoms. The number of anilines is 1. The fraction of sp³-hybridized carbons (Fsp3) is 0.300. The largest absolute Gasteiger partial charge is 0.373 e. The summed E-state index contributed by atoms with van der Waals surface area (Å²) >= 11 is 0. The highest BCUT2D eigenvalue weighted by molar-refractivity contribution is 5.92. The van der Waals surface area contributed by atoms with E-state index in [1.54, 1.807) is 14.1 Å². The van der Waals surface area contributed by atoms with Crippen molar-refractivity contribution in [1.82, 2.24) is 10.2 Å². The number of hydrogen-bond donors (Lipinski definition) is 2. The molecule has 0 saturated carbocycles. The van der Waals surface area contributed by atoms with E-state index < -0.39 is 6.04 Å². The van der Waals surface area contributed by atoms with Crippen LogP contribution in [0.1, 0.15) is 11.1 Å². The molecule has 5 nitrogen and oxygen atoms in total. The Hall–Kier alpha value is -2.82. The van der Waals surface area contributed by atoms with Gasteiger partial charge in [0.1, 0.15) is 12.1 Å². The van der Waals surface area contributed by atoms with E-state index in [2.05, 4.69) is 10.6 Å². The van der Waals surface area contributed by atoms with E-state index in [4.69, 9.17) is 0 Å². The van der Waals surface area contributed by atoms with E-state index in [0.717, 1.165) is 16.8 Å². The number of benzene rings is 2. The first-order valence-electron chi connectivity index (χ1n) is 8.44. The highest BCUT2D eigenvalue weighted by Crippen LogP contribution is 2.25. The van der Waals surface area contributed by atoms with Gasteiger partial charge < -0.3 is 15.5 Å². The second-order valence-corrected chi connectivity index (χ2v) is 6.54. The maximum Gasteiger partial charge on any atom is 0.244 e. The predicted octanol–water partition coefficient (Wildman–Crippen LogP) is 1.84. The molecular formula is C20H23N3O2. The molecule has 0 radical (unpaired) electrons. The van der Waals surface area contributed by atoms with Crippen LogP contribution in [0.3, 0.4) is 0 Å². The highest BCUT2D eigenvalue weighted by atomic mass is 16.2. The Labute approximate surface area is 148 Å². The minimum Gasteiger partial charge on any atom is -0.373 e. The molecule has 0 spiro atoms. The smallest absolute Gasteiger partial charge is 0.244 e. The number of fused-ring (bicyclic) bond motifs is 1. The standard InChI is InChI=1S/C20H23N3O2/c1-23(2)20(25)18(12-14-8-4-3-5-9-14)22-19(24)17-13-15-10-6-7-11-16(15)21-17/h3-11,17-18,21H,12-13H2,1-2H3,(H,22,24)/t17?,18-/m1/s1. The van der Waals surface area contributed by atoms with Crippen LogP contribution in [-0.2, 0) is 22.4 Å². The van der Waals surface area contributed by atoms with Crippen LogP contribution in [0.2, 0.25) is 0 Å². The molecule has 0 aliphatic carbocycles. The molecule has 2 atom stereocenters. The SMILES string of the molecule is CN(C)C(=O)[C@@H](Cc1ccccc1)NC(=O)C1Cc2ccccc2N1. The molecule has 0 saturated heterocycles. The zero-order valence-corrected chi connectivity index (χ0v) is 14.5. The van der Waals surface area contributed by atoms with Gasteiger partial charge in [-0.15, -0.1) is 0 Å². The van der Waals surface area contributed by atoms with Crippen molar-refractivity contribution in [3.63, 3.8) is 0 Å². The van der Waals surface area contributed by atoms with Crippen LogP contribution >= 0.6 is 0 Å². The topological polar surface area (TPSA) is 61.4 Å². The third-order valence-electron chi connectivity index (χ3n) is 4.43. The number of carbonyl (C=O) groups is 2. The Kier molecular flexibility index (Phi) is 5.03. The molecule has 2 aromatic carbocycles. The summed E-state index contributed by atoms with van der Waals surface area (Å²) in [6.45, 7) is 0. The Balaban J connectivity index is 1.70. The summed E-state index contributed by atoms with van der Waals surface area (Å²) in [6, 6.07) is 16.7. The van der Waals surface area contributed by atoms with Gasteiger partial charge in [0.15, 0.2) is 0 Å². The summed E-state index contributed by atoms with van der Waals surface area (Å²) in [5.41, 5.74) is 3.13. The predicted molar refractivity (Wildman–Crippen MR) is 98.3 cm³/mol. The second kappa shape index (κ2) is 7.38. The Morgan fingerprint density at radius 3 is 2.48 bits per heavy atom. The number of para-hydroxylation sites is 1. The van der Waals surface area contributed by atoms with Crippen LogP contribution in [0.4, 0.5) is 5.69 Å². The van der Waals surface area contributed by atoms with Crippen molar-refractivity contribution >= 4 is 17.5 Å². The van der Waals surface area contributed by atoms with Crippen LogP contribution in [-0.4, -0.2) is 42.9 Å². The summed E-state index contributed by atoms with van der Waals surface area (Å²) in [7, 11) is 3.41. The van der Waals surface area contributed by atoms with Crippen molar-refractivity contribution in [2.75, 3.05) is 19.4 Å². The lowest BCUT2D eigenvalue weighted by Gasteiger charge is -2.23. The van der Waals surface area contributed by atoms with E-state index in [1.165, 1.54) is 4.90 Å². The van der Waals surface area contributed by atoms with Gasteiger partial charge in [-0.2, -0.15) is 0 Å². The summed E-state index contributed by atoms with van der Waals surface area (Å²) in [5.74, 6) is -0.250. The van der Waals surface area contributed by atoms with E-state index in [1.807, 2.05) is 54.6 Å². The molecule has 5 heteroatoms. The summed E-state index contributed by atoms with van der Waals surface area (Å²) in [5, 5.41) is 6.17. The van der Waals surface area contributed by atoms with Crippen LogP contribution in [0.25, 0.3) is 0 Å². The highest BCUT2D eigenvalue weighted by Gasteiger charge is 2.30. The number of carbonyl (C=O) groups excluding carboxylic acids is 2. The van der Waals surface area contributed by atoms with E-state index in [-0.39, 0.29) is 17.9 Å². The van der Waals surface area contributed by atoms with Gasteiger partial charge in [0.2, 0.25) is 11.8 Å². The Morgan fingerprint density at radius 2 is 1.80 bits per heavy atom. The van der Waals surface area contributed by atoms with Crippen LogP contribution < -0.4 is 10.6 Å². The van der Waals surface area contributed by atoms with Crippen molar-refractivity contribution in [1.29, 1.82) is 0 Å². The third kappa shape index (κ3) is 3.99. The number of hydrogen-bond acceptors (Lipinski definition) is 3. The average molecular weight is 337 g/mol. The number of nitrogens with one attached hydrogen (secondary N) is 2. The van der Waals surface area contributed by atoms with Crippen molar-refractivity contribution in [2.45, 2.75) is 24.9 Å². The molecule has 130 valence electrons. The minimum absolute atomic E-state index is 0.104. The lowest BCUT2D eigenvalue weighted by molar-refractivity contribution is -0.134. The lowest BCUT2D eigenvalue weighted by Crippen LogP contribution is -2.51. The number of likely N-dealkylation sites (N-methyl/N-ethyl adjacent to an activating group) is 1. The molecule has 0 fully saturated rings. The summed E-state index contributed by atoms with van der Waals surface area (Å²) in [4.78, 5) is 26.7. The molecule has 2 N–H and O–H groups in total. The van der Waals surface area contributed by atoms with Crippen molar-refractivity contribution in [3.8, 4) is 0 Å². The zero-order chi connectivity index (χ0) is 17.8. The fourth-order valence-electron chi connectivity index (χ4n) is 3.09.